The summed E-state index contributed by atoms with van der Waals surface area (Å²) in [5.41, 5.74) is 1.99. The van der Waals surface area contributed by atoms with Crippen LogP contribution < -0.4 is 5.32 Å². The van der Waals surface area contributed by atoms with Gasteiger partial charge in [0, 0.05) is 29.6 Å². The highest BCUT2D eigenvalue weighted by Gasteiger charge is 2.23. The topological polar surface area (TPSA) is 88.3 Å². The predicted molar refractivity (Wildman–Crippen MR) is 109 cm³/mol. The second kappa shape index (κ2) is 9.23. The van der Waals surface area contributed by atoms with Gasteiger partial charge in [-0.25, -0.2) is 4.98 Å². The van der Waals surface area contributed by atoms with Gasteiger partial charge in [0.15, 0.2) is 0 Å². The molecule has 0 radical (unpaired) electrons. The lowest BCUT2D eigenvalue weighted by Gasteiger charge is -2.25. The van der Waals surface area contributed by atoms with Crippen molar-refractivity contribution in [1.82, 2.24) is 20.4 Å². The molecule has 2 amide bonds. The van der Waals surface area contributed by atoms with Crippen molar-refractivity contribution in [1.29, 1.82) is 0 Å². The normalized spacial score (nSPS) is 11.4. The van der Waals surface area contributed by atoms with Crippen LogP contribution in [0.5, 0.6) is 0 Å². The average molecular weight is 405 g/mol. The van der Waals surface area contributed by atoms with Gasteiger partial charge >= 0.3 is 0 Å². The van der Waals surface area contributed by atoms with Crippen LogP contribution in [-0.4, -0.2) is 45.5 Å². The molecule has 0 saturated heterocycles. The summed E-state index contributed by atoms with van der Waals surface area (Å²) in [5, 5.41) is 7.48. The molecule has 0 aliphatic heterocycles. The lowest BCUT2D eigenvalue weighted by Crippen LogP contribution is -2.47. The Kier molecular flexibility index (Phi) is 7.23. The molecule has 0 aromatic carbocycles. The molecule has 28 heavy (non-hydrogen) atoms. The molecular formula is C20H28N4O3S. The largest absolute Gasteiger partial charge is 0.361 e. The van der Waals surface area contributed by atoms with Gasteiger partial charge in [-0.3, -0.25) is 9.59 Å². The number of thioether (sulfide) groups is 1. The third kappa shape index (κ3) is 5.82. The summed E-state index contributed by atoms with van der Waals surface area (Å²) < 4.78 is 5.20. The van der Waals surface area contributed by atoms with Crippen LogP contribution in [0.1, 0.15) is 55.1 Å². The number of carbonyl (C=O) groups is 2. The Balaban J connectivity index is 2.15. The molecule has 0 saturated carbocycles. The predicted octanol–water partition coefficient (Wildman–Crippen LogP) is 3.36. The SMILES string of the molecule is CCN(CC(=O)NC(C)(C)C)C(=O)c1cccnc1SCc1c(C)noc1C. The van der Waals surface area contributed by atoms with Gasteiger partial charge in [-0.2, -0.15) is 0 Å². The summed E-state index contributed by atoms with van der Waals surface area (Å²) in [7, 11) is 0. The number of nitrogens with zero attached hydrogens (tertiary/aromatic N) is 3. The Morgan fingerprint density at radius 3 is 2.57 bits per heavy atom. The smallest absolute Gasteiger partial charge is 0.257 e. The third-order valence-corrected chi connectivity index (χ3v) is 5.09. The summed E-state index contributed by atoms with van der Waals surface area (Å²) in [5.74, 6) is 0.982. The molecule has 0 spiro atoms. The molecule has 2 aromatic heterocycles. The first-order valence-electron chi connectivity index (χ1n) is 9.22. The van der Waals surface area contributed by atoms with Crippen LogP contribution in [0.2, 0.25) is 0 Å². The average Bonchev–Trinajstić information content (AvgIpc) is 2.94. The number of amides is 2. The van der Waals surface area contributed by atoms with Gasteiger partial charge in [0.05, 0.1) is 17.8 Å². The summed E-state index contributed by atoms with van der Waals surface area (Å²) in [6.45, 7) is 11.8. The lowest BCUT2D eigenvalue weighted by molar-refractivity contribution is -0.123. The zero-order valence-electron chi connectivity index (χ0n) is 17.3. The van der Waals surface area contributed by atoms with Gasteiger partial charge in [-0.15, -0.1) is 11.8 Å². The van der Waals surface area contributed by atoms with Gasteiger partial charge < -0.3 is 14.7 Å². The molecule has 2 rings (SSSR count). The Morgan fingerprint density at radius 2 is 2.00 bits per heavy atom. The van der Waals surface area contributed by atoms with E-state index in [0.29, 0.717) is 22.9 Å². The van der Waals surface area contributed by atoms with Gasteiger partial charge in [0.1, 0.15) is 10.8 Å². The number of aromatic nitrogens is 2. The van der Waals surface area contributed by atoms with Gasteiger partial charge in [0.2, 0.25) is 5.91 Å². The maximum atomic E-state index is 13.1. The number of pyridine rings is 1. The van der Waals surface area contributed by atoms with E-state index in [1.807, 2.05) is 41.5 Å². The molecule has 0 aliphatic carbocycles. The van der Waals surface area contributed by atoms with Gasteiger partial charge in [-0.05, 0) is 53.7 Å². The van der Waals surface area contributed by atoms with Crippen LogP contribution in [0.3, 0.4) is 0 Å². The lowest BCUT2D eigenvalue weighted by atomic mass is 10.1. The maximum Gasteiger partial charge on any atom is 0.257 e. The van der Waals surface area contributed by atoms with E-state index in [4.69, 9.17) is 4.52 Å². The fourth-order valence-electron chi connectivity index (χ4n) is 2.65. The van der Waals surface area contributed by atoms with E-state index in [9.17, 15) is 9.59 Å². The summed E-state index contributed by atoms with van der Waals surface area (Å²) >= 11 is 1.46. The minimum absolute atomic E-state index is 0.00940. The fourth-order valence-corrected chi connectivity index (χ4v) is 3.79. The number of likely N-dealkylation sites (N-methyl/N-ethyl adjacent to an activating group) is 1. The first kappa shape index (κ1) is 21.9. The highest BCUT2D eigenvalue weighted by atomic mass is 32.2. The van der Waals surface area contributed by atoms with Gasteiger partial charge in [0.25, 0.3) is 5.91 Å². The minimum Gasteiger partial charge on any atom is -0.361 e. The van der Waals surface area contributed by atoms with Gasteiger partial charge in [-0.1, -0.05) is 5.16 Å². The number of hydrogen-bond acceptors (Lipinski definition) is 6. The van der Waals surface area contributed by atoms with Crippen LogP contribution in [0.15, 0.2) is 27.9 Å². The van der Waals surface area contributed by atoms with E-state index in [1.54, 1.807) is 18.3 Å². The van der Waals surface area contributed by atoms with Crippen molar-refractivity contribution >= 4 is 23.6 Å². The first-order valence-corrected chi connectivity index (χ1v) is 10.2. The van der Waals surface area contributed by atoms with Crippen LogP contribution in [0, 0.1) is 13.8 Å². The van der Waals surface area contributed by atoms with E-state index >= 15 is 0 Å². The molecule has 0 atom stereocenters. The molecule has 7 nitrogen and oxygen atoms in total. The number of carbonyl (C=O) groups excluding carboxylic acids is 2. The van der Waals surface area contributed by atoms with Crippen LogP contribution >= 0.6 is 11.8 Å². The zero-order chi connectivity index (χ0) is 20.9. The molecule has 0 fully saturated rings. The highest BCUT2D eigenvalue weighted by molar-refractivity contribution is 7.98. The highest BCUT2D eigenvalue weighted by Crippen LogP contribution is 2.27. The van der Waals surface area contributed by atoms with Crippen LogP contribution in [0.25, 0.3) is 0 Å². The zero-order valence-corrected chi connectivity index (χ0v) is 18.1. The standard InChI is InChI=1S/C20H28N4O3S/c1-7-24(11-17(25)22-20(4,5)6)19(26)15-9-8-10-21-18(15)28-12-16-13(2)23-27-14(16)3/h8-10H,7,11-12H2,1-6H3,(H,22,25). The second-order valence-electron chi connectivity index (χ2n) is 7.57. The number of hydrogen-bond donors (Lipinski definition) is 1. The maximum absolute atomic E-state index is 13.1. The molecule has 2 aromatic rings. The minimum atomic E-state index is -0.344. The summed E-state index contributed by atoms with van der Waals surface area (Å²) in [4.78, 5) is 31.2. The first-order chi connectivity index (χ1) is 13.1. The van der Waals surface area contributed by atoms with E-state index in [-0.39, 0.29) is 23.9 Å². The summed E-state index contributed by atoms with van der Waals surface area (Å²) in [6.07, 6.45) is 1.66. The number of rotatable bonds is 7. The van der Waals surface area contributed by atoms with Crippen molar-refractivity contribution in [2.45, 2.75) is 57.9 Å². The Bertz CT molecular complexity index is 823. The van der Waals surface area contributed by atoms with E-state index in [0.717, 1.165) is 17.0 Å². The molecular weight excluding hydrogens is 376 g/mol. The second-order valence-corrected chi connectivity index (χ2v) is 8.53. The molecule has 2 heterocycles. The van der Waals surface area contributed by atoms with E-state index in [1.165, 1.54) is 16.7 Å². The molecule has 0 bridgehead atoms. The van der Waals surface area contributed by atoms with Crippen molar-refractivity contribution < 1.29 is 14.1 Å². The molecule has 0 unspecified atom stereocenters. The van der Waals surface area contributed by atoms with Crippen molar-refractivity contribution in [3.63, 3.8) is 0 Å². The van der Waals surface area contributed by atoms with E-state index in [2.05, 4.69) is 15.5 Å². The van der Waals surface area contributed by atoms with E-state index < -0.39 is 0 Å². The molecule has 0 aliphatic rings. The molecule has 8 heteroatoms. The molecule has 1 N–H and O–H groups in total. The molecule has 152 valence electrons. The number of nitrogens with one attached hydrogen (secondary N) is 1. The quantitative estimate of drug-likeness (QED) is 0.712. The summed E-state index contributed by atoms with van der Waals surface area (Å²) in [6, 6.07) is 3.48. The van der Waals surface area contributed by atoms with Crippen molar-refractivity contribution in [3.8, 4) is 0 Å². The van der Waals surface area contributed by atoms with Crippen molar-refractivity contribution in [2.24, 2.45) is 0 Å². The van der Waals surface area contributed by atoms with Crippen molar-refractivity contribution in [3.05, 3.63) is 40.9 Å². The van der Waals surface area contributed by atoms with Crippen LogP contribution in [0.4, 0.5) is 0 Å². The Labute approximate surface area is 170 Å². The Hall–Kier alpha value is -2.35. The monoisotopic (exact) mass is 404 g/mol. The Morgan fingerprint density at radius 1 is 1.29 bits per heavy atom. The van der Waals surface area contributed by atoms with Crippen LogP contribution in [-0.2, 0) is 10.5 Å². The van der Waals surface area contributed by atoms with Crippen molar-refractivity contribution in [2.75, 3.05) is 13.1 Å². The third-order valence-electron chi connectivity index (χ3n) is 4.05. The number of aryl methyl sites for hydroxylation is 2. The fraction of sp³-hybridized carbons (Fsp3) is 0.500.